The molecule has 0 fully saturated rings. The van der Waals surface area contributed by atoms with E-state index in [1.54, 1.807) is 6.07 Å². The van der Waals surface area contributed by atoms with E-state index < -0.39 is 0 Å². The predicted molar refractivity (Wildman–Crippen MR) is 34.5 cm³/mol. The number of nitrogen functional groups attached to an aromatic ring is 1. The van der Waals surface area contributed by atoms with Crippen LogP contribution in [0.5, 0.6) is 0 Å². The van der Waals surface area contributed by atoms with Crippen LogP contribution >= 0.6 is 0 Å². The van der Waals surface area contributed by atoms with Crippen LogP contribution in [-0.2, 0) is 0 Å². The van der Waals surface area contributed by atoms with Gasteiger partial charge in [0.1, 0.15) is 0 Å². The van der Waals surface area contributed by atoms with E-state index in [9.17, 15) is 5.21 Å². The second-order valence-electron chi connectivity index (χ2n) is 1.78. The minimum absolute atomic E-state index is 0.0139. The van der Waals surface area contributed by atoms with E-state index in [2.05, 4.69) is 0 Å². The first-order valence-electron chi connectivity index (χ1n) is 2.63. The fourth-order valence-electron chi connectivity index (χ4n) is 0.585. The highest BCUT2D eigenvalue weighted by molar-refractivity contribution is 5.38. The summed E-state index contributed by atoms with van der Waals surface area (Å²) in [6.45, 7) is 0. The fraction of sp³-hybridized carbons (Fsp3) is 0. The summed E-state index contributed by atoms with van der Waals surface area (Å²) in [5, 5.41) is 19.0. The number of hydrogen-bond acceptors (Lipinski definition) is 3. The van der Waals surface area contributed by atoms with E-state index in [1.807, 2.05) is 0 Å². The smallest absolute Gasteiger partial charge is 0.296 e. The molecule has 2 N–H and O–H groups in total. The van der Waals surface area contributed by atoms with Crippen molar-refractivity contribution in [3.8, 4) is 6.07 Å². The largest absolute Gasteiger partial charge is 0.618 e. The molecule has 1 aromatic rings. The Balaban J connectivity index is 3.25. The summed E-state index contributed by atoms with van der Waals surface area (Å²) < 4.78 is 0.469. The van der Waals surface area contributed by atoms with Crippen molar-refractivity contribution in [1.29, 1.82) is 5.26 Å². The van der Waals surface area contributed by atoms with Crippen molar-refractivity contribution in [2.45, 2.75) is 0 Å². The summed E-state index contributed by atoms with van der Waals surface area (Å²) in [7, 11) is 0. The molecule has 0 saturated carbocycles. The summed E-state index contributed by atoms with van der Waals surface area (Å²) in [5.41, 5.74) is 5.73. The second kappa shape index (κ2) is 2.23. The van der Waals surface area contributed by atoms with Crippen molar-refractivity contribution >= 4 is 5.69 Å². The summed E-state index contributed by atoms with van der Waals surface area (Å²) in [6, 6.07) is 4.47. The molecule has 1 heterocycles. The molecule has 0 amide bonds. The van der Waals surface area contributed by atoms with E-state index in [1.165, 1.54) is 18.3 Å². The monoisotopic (exact) mass is 135 g/mol. The van der Waals surface area contributed by atoms with E-state index in [0.29, 0.717) is 10.4 Å². The van der Waals surface area contributed by atoms with Crippen LogP contribution in [0.1, 0.15) is 5.69 Å². The topological polar surface area (TPSA) is 76.8 Å². The molecule has 0 atom stereocenters. The van der Waals surface area contributed by atoms with Crippen LogP contribution in [0, 0.1) is 16.5 Å². The zero-order valence-corrected chi connectivity index (χ0v) is 5.11. The van der Waals surface area contributed by atoms with Gasteiger partial charge in [0.05, 0.1) is 0 Å². The Morgan fingerprint density at radius 1 is 1.70 bits per heavy atom. The number of nitrogens with two attached hydrogens (primary N) is 1. The van der Waals surface area contributed by atoms with Gasteiger partial charge in [-0.15, -0.1) is 0 Å². The summed E-state index contributed by atoms with van der Waals surface area (Å²) in [6.07, 6.45) is 1.20. The number of hydrogen-bond donors (Lipinski definition) is 1. The molecular formula is C6H5N3O. The van der Waals surface area contributed by atoms with Crippen LogP contribution in [0.25, 0.3) is 0 Å². The van der Waals surface area contributed by atoms with Gasteiger partial charge in [0.2, 0.25) is 0 Å². The van der Waals surface area contributed by atoms with Gasteiger partial charge in [-0.2, -0.15) is 9.99 Å². The van der Waals surface area contributed by atoms with Gasteiger partial charge in [-0.3, -0.25) is 0 Å². The predicted octanol–water partition coefficient (Wildman–Crippen LogP) is -0.226. The third-order valence-corrected chi connectivity index (χ3v) is 1.06. The second-order valence-corrected chi connectivity index (χ2v) is 1.78. The van der Waals surface area contributed by atoms with E-state index in [0.717, 1.165) is 0 Å². The van der Waals surface area contributed by atoms with Crippen molar-refractivity contribution in [2.24, 2.45) is 0 Å². The number of nitrogens with zero attached hydrogens (tertiary/aromatic N) is 2. The van der Waals surface area contributed by atoms with Gasteiger partial charge in [0, 0.05) is 17.8 Å². The molecule has 10 heavy (non-hydrogen) atoms. The number of pyridine rings is 1. The third kappa shape index (κ3) is 0.977. The molecule has 0 aromatic carbocycles. The molecule has 1 aromatic heterocycles. The maximum absolute atomic E-state index is 10.6. The van der Waals surface area contributed by atoms with Gasteiger partial charge in [0.25, 0.3) is 5.69 Å². The van der Waals surface area contributed by atoms with Crippen LogP contribution in [0.15, 0.2) is 18.3 Å². The summed E-state index contributed by atoms with van der Waals surface area (Å²) >= 11 is 0. The number of aromatic nitrogens is 1. The highest BCUT2D eigenvalue weighted by Gasteiger charge is 2.01. The zero-order chi connectivity index (χ0) is 7.56. The molecule has 0 aliphatic carbocycles. The molecule has 0 unspecified atom stereocenters. The highest BCUT2D eigenvalue weighted by Crippen LogP contribution is 1.98. The van der Waals surface area contributed by atoms with Crippen LogP contribution in [0.2, 0.25) is 0 Å². The molecule has 0 aliphatic rings. The van der Waals surface area contributed by atoms with Gasteiger partial charge in [-0.05, 0) is 0 Å². The van der Waals surface area contributed by atoms with Gasteiger partial charge in [-0.25, -0.2) is 0 Å². The fourth-order valence-corrected chi connectivity index (χ4v) is 0.585. The van der Waals surface area contributed by atoms with Crippen molar-refractivity contribution in [1.82, 2.24) is 0 Å². The average Bonchev–Trinajstić information content (AvgIpc) is 1.94. The van der Waals surface area contributed by atoms with Crippen molar-refractivity contribution in [2.75, 3.05) is 5.73 Å². The Morgan fingerprint density at radius 2 is 2.40 bits per heavy atom. The molecule has 0 bridgehead atoms. The standard InChI is InChI=1S/C6H5N3O/c7-4-6-3-5(8)1-2-9(6)10/h1-3H,8H2. The number of nitriles is 1. The van der Waals surface area contributed by atoms with E-state index in [-0.39, 0.29) is 5.69 Å². The molecule has 50 valence electrons. The lowest BCUT2D eigenvalue weighted by atomic mass is 10.3. The quantitative estimate of drug-likeness (QED) is 0.394. The van der Waals surface area contributed by atoms with Gasteiger partial charge >= 0.3 is 0 Å². The molecule has 4 heteroatoms. The van der Waals surface area contributed by atoms with Gasteiger partial charge < -0.3 is 10.9 Å². The summed E-state index contributed by atoms with van der Waals surface area (Å²) in [5.74, 6) is 0. The Hall–Kier alpha value is -1.76. The molecule has 0 saturated heterocycles. The Labute approximate surface area is 57.7 Å². The van der Waals surface area contributed by atoms with E-state index in [4.69, 9.17) is 11.0 Å². The third-order valence-electron chi connectivity index (χ3n) is 1.06. The normalized spacial score (nSPS) is 8.70. The first kappa shape index (κ1) is 6.36. The lowest BCUT2D eigenvalue weighted by Gasteiger charge is -1.96. The molecular weight excluding hydrogens is 130 g/mol. The first-order valence-corrected chi connectivity index (χ1v) is 2.63. The summed E-state index contributed by atoms with van der Waals surface area (Å²) in [4.78, 5) is 0. The van der Waals surface area contributed by atoms with Crippen LogP contribution in [0.4, 0.5) is 5.69 Å². The van der Waals surface area contributed by atoms with E-state index >= 15 is 0 Å². The number of rotatable bonds is 0. The highest BCUT2D eigenvalue weighted by atomic mass is 16.5. The van der Waals surface area contributed by atoms with Crippen molar-refractivity contribution < 1.29 is 4.73 Å². The van der Waals surface area contributed by atoms with Crippen LogP contribution in [0.3, 0.4) is 0 Å². The molecule has 4 nitrogen and oxygen atoms in total. The van der Waals surface area contributed by atoms with Crippen LogP contribution < -0.4 is 10.5 Å². The minimum Gasteiger partial charge on any atom is -0.618 e. The molecule has 0 spiro atoms. The Kier molecular flexibility index (Phi) is 1.42. The minimum atomic E-state index is 0.0139. The SMILES string of the molecule is N#Cc1cc(N)cc[n+]1[O-]. The maximum atomic E-state index is 10.6. The number of anilines is 1. The first-order chi connectivity index (χ1) is 4.74. The van der Waals surface area contributed by atoms with Gasteiger partial charge in [-0.1, -0.05) is 0 Å². The average molecular weight is 135 g/mol. The van der Waals surface area contributed by atoms with Crippen molar-refractivity contribution in [3.05, 3.63) is 29.2 Å². The Morgan fingerprint density at radius 3 is 2.90 bits per heavy atom. The lowest BCUT2D eigenvalue weighted by Crippen LogP contribution is -2.29. The maximum Gasteiger partial charge on any atom is 0.296 e. The van der Waals surface area contributed by atoms with Gasteiger partial charge in [0.15, 0.2) is 12.3 Å². The zero-order valence-electron chi connectivity index (χ0n) is 5.11. The molecule has 0 radical (unpaired) electrons. The lowest BCUT2D eigenvalue weighted by molar-refractivity contribution is -0.608. The Bertz CT molecular complexity index is 290. The van der Waals surface area contributed by atoms with Crippen LogP contribution in [-0.4, -0.2) is 0 Å². The molecule has 0 aliphatic heterocycles. The van der Waals surface area contributed by atoms with Crippen molar-refractivity contribution in [3.63, 3.8) is 0 Å². The molecule has 1 rings (SSSR count).